The highest BCUT2D eigenvalue weighted by Crippen LogP contribution is 2.41. The van der Waals surface area contributed by atoms with Gasteiger partial charge in [0.25, 0.3) is 0 Å². The van der Waals surface area contributed by atoms with Crippen LogP contribution in [0.5, 0.6) is 5.75 Å². The summed E-state index contributed by atoms with van der Waals surface area (Å²) in [5.74, 6) is 0.278. The lowest BCUT2D eigenvalue weighted by atomic mass is 10.1. The van der Waals surface area contributed by atoms with Gasteiger partial charge in [-0.05, 0) is 60.6 Å². The van der Waals surface area contributed by atoms with E-state index < -0.39 is 0 Å². The van der Waals surface area contributed by atoms with Crippen LogP contribution < -0.4 is 26.2 Å². The van der Waals surface area contributed by atoms with Crippen molar-refractivity contribution in [2.24, 2.45) is 0 Å². The average Bonchev–Trinajstić information content (AvgIpc) is 3.43. The first-order chi connectivity index (χ1) is 15.6. The zero-order chi connectivity index (χ0) is 21.7. The Hall–Kier alpha value is -3.58. The summed E-state index contributed by atoms with van der Waals surface area (Å²) in [4.78, 5) is 4.84. The highest BCUT2D eigenvalue weighted by molar-refractivity contribution is 5.81. The molecule has 0 aliphatic carbocycles. The second-order valence-electron chi connectivity index (χ2n) is 8.86. The zero-order valence-corrected chi connectivity index (χ0v) is 18.1. The quantitative estimate of drug-likeness (QED) is 0.428. The van der Waals surface area contributed by atoms with E-state index in [9.17, 15) is 5.11 Å². The second kappa shape index (κ2) is 7.53. The maximum Gasteiger partial charge on any atom is 0.123 e. The number of aromatic hydroxyl groups is 1. The number of rotatable bonds is 3. The number of nitrogens with one attached hydrogen (secondary N) is 4. The molecule has 2 atom stereocenters. The first-order valence-corrected chi connectivity index (χ1v) is 11.2. The molecule has 1 saturated heterocycles. The molecule has 0 amide bonds. The third-order valence-electron chi connectivity index (χ3n) is 6.67. The Bertz CT molecular complexity index is 1140. The first-order valence-electron chi connectivity index (χ1n) is 11.2. The van der Waals surface area contributed by atoms with Gasteiger partial charge < -0.3 is 36.2 Å². The van der Waals surface area contributed by atoms with Crippen molar-refractivity contribution in [1.82, 2.24) is 4.90 Å². The summed E-state index contributed by atoms with van der Waals surface area (Å²) in [6.45, 7) is 4.34. The topological polar surface area (TPSA) is 74.8 Å². The summed E-state index contributed by atoms with van der Waals surface area (Å²) in [6, 6.07) is 20.4. The monoisotopic (exact) mass is 428 g/mol. The number of likely N-dealkylation sites (N-methyl/N-ethyl adjacent to an activating group) is 1. The lowest BCUT2D eigenvalue weighted by Gasteiger charge is -2.34. The van der Waals surface area contributed by atoms with Crippen molar-refractivity contribution in [2.75, 3.05) is 59.4 Å². The van der Waals surface area contributed by atoms with Crippen LogP contribution in [0, 0.1) is 0 Å². The van der Waals surface area contributed by atoms with Gasteiger partial charge in [0, 0.05) is 31.9 Å². The lowest BCUT2D eigenvalue weighted by Crippen LogP contribution is -2.44. The van der Waals surface area contributed by atoms with E-state index in [4.69, 9.17) is 0 Å². The minimum Gasteiger partial charge on any atom is -0.508 e. The molecule has 3 heterocycles. The molecule has 0 radical (unpaired) electrons. The van der Waals surface area contributed by atoms with E-state index in [2.05, 4.69) is 74.5 Å². The van der Waals surface area contributed by atoms with Gasteiger partial charge >= 0.3 is 0 Å². The molecule has 164 valence electrons. The number of nitrogens with zero attached hydrogens (tertiary/aromatic N) is 2. The Morgan fingerprint density at radius 2 is 1.22 bits per heavy atom. The van der Waals surface area contributed by atoms with Crippen LogP contribution in [-0.2, 0) is 0 Å². The first kappa shape index (κ1) is 19.1. The summed E-state index contributed by atoms with van der Waals surface area (Å²) in [5.41, 5.74) is 8.01. The molecule has 3 aliphatic heterocycles. The predicted octanol–water partition coefficient (Wildman–Crippen LogP) is 4.22. The van der Waals surface area contributed by atoms with E-state index in [1.54, 1.807) is 12.1 Å². The van der Waals surface area contributed by atoms with Gasteiger partial charge in [-0.3, -0.25) is 0 Å². The Morgan fingerprint density at radius 1 is 0.656 bits per heavy atom. The summed E-state index contributed by atoms with van der Waals surface area (Å²) in [6.07, 6.45) is 0.0289. The summed E-state index contributed by atoms with van der Waals surface area (Å²) in [5, 5.41) is 23.9. The van der Waals surface area contributed by atoms with Crippen molar-refractivity contribution in [3.05, 3.63) is 71.8 Å². The molecule has 0 spiro atoms. The average molecular weight is 429 g/mol. The normalized spacial score (nSPS) is 21.7. The number of piperazine rings is 1. The molecule has 2 unspecified atom stereocenters. The third kappa shape index (κ3) is 3.44. The van der Waals surface area contributed by atoms with Crippen molar-refractivity contribution in [2.45, 2.75) is 12.3 Å². The molecule has 0 aromatic heterocycles. The Morgan fingerprint density at radius 3 is 1.94 bits per heavy atom. The van der Waals surface area contributed by atoms with E-state index in [1.165, 1.54) is 11.3 Å². The van der Waals surface area contributed by atoms with Gasteiger partial charge in [0.1, 0.15) is 18.1 Å². The van der Waals surface area contributed by atoms with Crippen molar-refractivity contribution in [3.8, 4) is 5.75 Å². The molecule has 3 aromatic rings. The van der Waals surface area contributed by atoms with E-state index in [0.29, 0.717) is 0 Å². The number of phenolic OH excluding ortho intramolecular Hbond substituents is 1. The predicted molar refractivity (Wildman–Crippen MR) is 131 cm³/mol. The van der Waals surface area contributed by atoms with E-state index in [-0.39, 0.29) is 18.1 Å². The molecule has 7 nitrogen and oxygen atoms in total. The molecule has 32 heavy (non-hydrogen) atoms. The minimum absolute atomic E-state index is 0.00584. The number of hydrogen-bond donors (Lipinski definition) is 5. The van der Waals surface area contributed by atoms with Crippen LogP contribution in [-0.4, -0.2) is 43.2 Å². The number of hydrogen-bond acceptors (Lipinski definition) is 7. The lowest BCUT2D eigenvalue weighted by molar-refractivity contribution is 0.313. The molecule has 6 rings (SSSR count). The number of benzene rings is 3. The van der Waals surface area contributed by atoms with Crippen LogP contribution in [0.1, 0.15) is 23.5 Å². The summed E-state index contributed by atoms with van der Waals surface area (Å²) < 4.78 is 0. The van der Waals surface area contributed by atoms with Crippen LogP contribution in [0.4, 0.5) is 28.4 Å². The van der Waals surface area contributed by atoms with Crippen LogP contribution in [0.15, 0.2) is 60.7 Å². The molecule has 7 heteroatoms. The molecular formula is C25H28N6O. The summed E-state index contributed by atoms with van der Waals surface area (Å²) >= 11 is 0. The van der Waals surface area contributed by atoms with E-state index in [1.807, 2.05) is 12.1 Å². The molecule has 3 aromatic carbocycles. The molecule has 5 N–H and O–H groups in total. The van der Waals surface area contributed by atoms with Gasteiger partial charge in [-0.2, -0.15) is 0 Å². The van der Waals surface area contributed by atoms with Crippen molar-refractivity contribution in [1.29, 1.82) is 0 Å². The maximum atomic E-state index is 9.55. The maximum absolute atomic E-state index is 9.55. The molecular weight excluding hydrogens is 400 g/mol. The molecule has 0 saturated carbocycles. The van der Waals surface area contributed by atoms with Crippen molar-refractivity contribution >= 4 is 28.4 Å². The number of fused-ring (bicyclic) bond motifs is 2. The van der Waals surface area contributed by atoms with Crippen molar-refractivity contribution in [3.63, 3.8) is 0 Å². The van der Waals surface area contributed by atoms with Gasteiger partial charge in [-0.1, -0.05) is 18.2 Å². The van der Waals surface area contributed by atoms with Gasteiger partial charge in [-0.25, -0.2) is 0 Å². The van der Waals surface area contributed by atoms with Gasteiger partial charge in [0.2, 0.25) is 0 Å². The van der Waals surface area contributed by atoms with Gasteiger partial charge in [0.15, 0.2) is 0 Å². The smallest absolute Gasteiger partial charge is 0.123 e. The van der Waals surface area contributed by atoms with Crippen LogP contribution in [0.2, 0.25) is 0 Å². The van der Waals surface area contributed by atoms with Crippen LogP contribution in [0.25, 0.3) is 0 Å². The highest BCUT2D eigenvalue weighted by atomic mass is 16.3. The standard InChI is InChI=1S/C25H28N6O/c1-30-10-12-31(13-11-30)18-5-9-21-23(15-18)29-25(27-21)17-4-8-20-22(14-17)28-24(26-20)16-2-6-19(32)7-3-16/h2-9,14-15,24-29,32H,10-13H2,1H3. The minimum atomic E-state index is -0.00584. The largest absolute Gasteiger partial charge is 0.508 e. The van der Waals surface area contributed by atoms with Crippen molar-refractivity contribution < 1.29 is 5.11 Å². The fraction of sp³-hybridized carbons (Fsp3) is 0.280. The van der Waals surface area contributed by atoms with E-state index >= 15 is 0 Å². The fourth-order valence-electron chi connectivity index (χ4n) is 4.72. The Kier molecular flexibility index (Phi) is 4.50. The van der Waals surface area contributed by atoms with Gasteiger partial charge in [-0.15, -0.1) is 0 Å². The fourth-order valence-corrected chi connectivity index (χ4v) is 4.72. The Balaban J connectivity index is 1.17. The second-order valence-corrected chi connectivity index (χ2v) is 8.86. The molecule has 1 fully saturated rings. The number of anilines is 5. The Labute approximate surface area is 188 Å². The zero-order valence-electron chi connectivity index (χ0n) is 18.1. The molecule has 0 bridgehead atoms. The highest BCUT2D eigenvalue weighted by Gasteiger charge is 2.26. The van der Waals surface area contributed by atoms with Gasteiger partial charge in [0.05, 0.1) is 22.7 Å². The number of phenols is 1. The van der Waals surface area contributed by atoms with Crippen LogP contribution >= 0.6 is 0 Å². The van der Waals surface area contributed by atoms with E-state index in [0.717, 1.165) is 54.5 Å². The summed E-state index contributed by atoms with van der Waals surface area (Å²) in [7, 11) is 2.18. The molecule has 3 aliphatic rings. The SMILES string of the molecule is CN1CCN(c2ccc3c(c2)NC(c2ccc4c(c2)NC(c2ccc(O)cc2)N4)N3)CC1. The third-order valence-corrected chi connectivity index (χ3v) is 6.67. The van der Waals surface area contributed by atoms with Crippen LogP contribution in [0.3, 0.4) is 0 Å².